The van der Waals surface area contributed by atoms with Crippen LogP contribution in [0.3, 0.4) is 0 Å². The Morgan fingerprint density at radius 1 is 1.10 bits per heavy atom. The molecule has 31 heavy (non-hydrogen) atoms. The number of benzene rings is 1. The molecule has 0 aliphatic carbocycles. The van der Waals surface area contributed by atoms with E-state index in [9.17, 15) is 14.4 Å². The van der Waals surface area contributed by atoms with E-state index in [4.69, 9.17) is 0 Å². The maximum absolute atomic E-state index is 13.3. The molecular formula is C24H38N4O3. The van der Waals surface area contributed by atoms with Crippen molar-refractivity contribution in [3.05, 3.63) is 30.3 Å². The van der Waals surface area contributed by atoms with Crippen LogP contribution in [0.2, 0.25) is 0 Å². The van der Waals surface area contributed by atoms with E-state index >= 15 is 0 Å². The van der Waals surface area contributed by atoms with Gasteiger partial charge in [-0.2, -0.15) is 0 Å². The molecule has 0 aromatic heterocycles. The second kappa shape index (κ2) is 12.3. The SMILES string of the molecule is CCCCCC(=O)NC(C(=O)N1CCN(C(=O)Nc2ccccc2)C(C)C1)C(C)CC. The number of rotatable bonds is 9. The van der Waals surface area contributed by atoms with Crippen molar-refractivity contribution < 1.29 is 14.4 Å². The summed E-state index contributed by atoms with van der Waals surface area (Å²) in [5.74, 6) is -0.0495. The van der Waals surface area contributed by atoms with Crippen LogP contribution in [0.4, 0.5) is 10.5 Å². The molecule has 1 fully saturated rings. The number of hydrogen-bond donors (Lipinski definition) is 2. The summed E-state index contributed by atoms with van der Waals surface area (Å²) in [6.07, 6.45) is 4.18. The monoisotopic (exact) mass is 430 g/mol. The summed E-state index contributed by atoms with van der Waals surface area (Å²) >= 11 is 0. The van der Waals surface area contributed by atoms with Crippen molar-refractivity contribution in [1.82, 2.24) is 15.1 Å². The van der Waals surface area contributed by atoms with Crippen LogP contribution in [0.1, 0.15) is 59.8 Å². The molecule has 3 unspecified atom stereocenters. The number of para-hydroxylation sites is 1. The lowest BCUT2D eigenvalue weighted by Gasteiger charge is -2.41. The number of urea groups is 1. The van der Waals surface area contributed by atoms with Crippen molar-refractivity contribution in [1.29, 1.82) is 0 Å². The molecule has 7 heteroatoms. The normalized spacial score (nSPS) is 18.3. The molecule has 1 saturated heterocycles. The van der Waals surface area contributed by atoms with Gasteiger partial charge < -0.3 is 20.4 Å². The molecular weight excluding hydrogens is 392 g/mol. The first-order valence-electron chi connectivity index (χ1n) is 11.6. The zero-order valence-corrected chi connectivity index (χ0v) is 19.4. The third-order valence-electron chi connectivity index (χ3n) is 6.03. The highest BCUT2D eigenvalue weighted by Gasteiger charge is 2.35. The Hall–Kier alpha value is -2.57. The minimum atomic E-state index is -0.518. The lowest BCUT2D eigenvalue weighted by Crippen LogP contribution is -2.60. The molecule has 4 amide bonds. The average Bonchev–Trinajstić information content (AvgIpc) is 2.77. The molecule has 1 aliphatic heterocycles. The Morgan fingerprint density at radius 2 is 1.81 bits per heavy atom. The topological polar surface area (TPSA) is 81.8 Å². The van der Waals surface area contributed by atoms with E-state index in [1.54, 1.807) is 9.80 Å². The summed E-state index contributed by atoms with van der Waals surface area (Å²) in [5, 5.41) is 5.90. The molecule has 1 heterocycles. The van der Waals surface area contributed by atoms with Gasteiger partial charge in [0.25, 0.3) is 0 Å². The third-order valence-corrected chi connectivity index (χ3v) is 6.03. The van der Waals surface area contributed by atoms with Crippen LogP contribution < -0.4 is 10.6 Å². The fourth-order valence-corrected chi connectivity index (χ4v) is 3.84. The van der Waals surface area contributed by atoms with Gasteiger partial charge in [0.1, 0.15) is 6.04 Å². The van der Waals surface area contributed by atoms with E-state index in [1.807, 2.05) is 51.1 Å². The summed E-state index contributed by atoms with van der Waals surface area (Å²) in [7, 11) is 0. The molecule has 1 aromatic carbocycles. The number of nitrogens with zero attached hydrogens (tertiary/aromatic N) is 2. The lowest BCUT2D eigenvalue weighted by atomic mass is 9.96. The first kappa shape index (κ1) is 24.7. The molecule has 1 aliphatic rings. The van der Waals surface area contributed by atoms with E-state index in [1.165, 1.54) is 0 Å². The van der Waals surface area contributed by atoms with Crippen molar-refractivity contribution in [3.63, 3.8) is 0 Å². The van der Waals surface area contributed by atoms with Gasteiger partial charge in [0.05, 0.1) is 0 Å². The molecule has 0 spiro atoms. The summed E-state index contributed by atoms with van der Waals surface area (Å²) in [5.41, 5.74) is 0.751. The molecule has 3 atom stereocenters. The zero-order chi connectivity index (χ0) is 22.8. The minimum absolute atomic E-state index is 0.0480. The molecule has 0 bridgehead atoms. The van der Waals surface area contributed by atoms with E-state index in [0.717, 1.165) is 31.4 Å². The number of carbonyl (C=O) groups is 3. The first-order valence-corrected chi connectivity index (χ1v) is 11.6. The highest BCUT2D eigenvalue weighted by Crippen LogP contribution is 2.17. The lowest BCUT2D eigenvalue weighted by molar-refractivity contribution is -0.139. The van der Waals surface area contributed by atoms with Gasteiger partial charge in [0.15, 0.2) is 0 Å². The fourth-order valence-electron chi connectivity index (χ4n) is 3.84. The molecule has 0 radical (unpaired) electrons. The number of hydrogen-bond acceptors (Lipinski definition) is 3. The minimum Gasteiger partial charge on any atom is -0.344 e. The van der Waals surface area contributed by atoms with Crippen LogP contribution in [0, 0.1) is 5.92 Å². The Balaban J connectivity index is 1.96. The Labute approximate surface area is 186 Å². The molecule has 1 aromatic rings. The van der Waals surface area contributed by atoms with Crippen molar-refractivity contribution >= 4 is 23.5 Å². The Morgan fingerprint density at radius 3 is 2.42 bits per heavy atom. The average molecular weight is 431 g/mol. The van der Waals surface area contributed by atoms with Gasteiger partial charge >= 0.3 is 6.03 Å². The number of anilines is 1. The maximum Gasteiger partial charge on any atom is 0.322 e. The van der Waals surface area contributed by atoms with Crippen molar-refractivity contribution in [2.24, 2.45) is 5.92 Å². The van der Waals surface area contributed by atoms with Gasteiger partial charge in [-0.25, -0.2) is 4.79 Å². The van der Waals surface area contributed by atoms with E-state index < -0.39 is 6.04 Å². The Bertz CT molecular complexity index is 725. The number of nitrogens with one attached hydrogen (secondary N) is 2. The van der Waals surface area contributed by atoms with Gasteiger partial charge in [0.2, 0.25) is 11.8 Å². The van der Waals surface area contributed by atoms with Crippen molar-refractivity contribution in [2.75, 3.05) is 25.0 Å². The van der Waals surface area contributed by atoms with Crippen LogP contribution >= 0.6 is 0 Å². The van der Waals surface area contributed by atoms with E-state index in [2.05, 4.69) is 17.6 Å². The quantitative estimate of drug-likeness (QED) is 0.584. The second-order valence-corrected chi connectivity index (χ2v) is 8.51. The predicted octanol–water partition coefficient (Wildman–Crippen LogP) is 3.86. The van der Waals surface area contributed by atoms with Gasteiger partial charge in [-0.3, -0.25) is 9.59 Å². The van der Waals surface area contributed by atoms with Crippen LogP contribution in [-0.2, 0) is 9.59 Å². The third kappa shape index (κ3) is 7.26. The molecule has 2 rings (SSSR count). The number of piperazine rings is 1. The molecule has 2 N–H and O–H groups in total. The van der Waals surface area contributed by atoms with Crippen LogP contribution in [-0.4, -0.2) is 59.4 Å². The molecule has 0 saturated carbocycles. The van der Waals surface area contributed by atoms with Crippen LogP contribution in [0.5, 0.6) is 0 Å². The van der Waals surface area contributed by atoms with Gasteiger partial charge in [-0.05, 0) is 31.4 Å². The van der Waals surface area contributed by atoms with E-state index in [0.29, 0.717) is 26.1 Å². The fraction of sp³-hybridized carbons (Fsp3) is 0.625. The standard InChI is InChI=1S/C24H38N4O3/c1-5-7-9-14-21(29)26-22(18(3)6-2)23(30)27-15-16-28(19(4)17-27)24(31)25-20-12-10-8-11-13-20/h8,10-13,18-19,22H,5-7,9,14-17H2,1-4H3,(H,25,31)(H,26,29). The maximum atomic E-state index is 13.3. The van der Waals surface area contributed by atoms with Gasteiger partial charge in [0, 0.05) is 37.8 Å². The summed E-state index contributed by atoms with van der Waals surface area (Å²) in [6, 6.07) is 8.56. The highest BCUT2D eigenvalue weighted by molar-refractivity contribution is 5.90. The molecule has 7 nitrogen and oxygen atoms in total. The summed E-state index contributed by atoms with van der Waals surface area (Å²) in [6.45, 7) is 9.47. The number of carbonyl (C=O) groups excluding carboxylic acids is 3. The second-order valence-electron chi connectivity index (χ2n) is 8.51. The number of amides is 4. The van der Waals surface area contributed by atoms with Crippen LogP contribution in [0.25, 0.3) is 0 Å². The van der Waals surface area contributed by atoms with E-state index in [-0.39, 0.29) is 29.8 Å². The van der Waals surface area contributed by atoms with Gasteiger partial charge in [-0.1, -0.05) is 58.2 Å². The Kier molecular flexibility index (Phi) is 9.82. The number of unbranched alkanes of at least 4 members (excludes halogenated alkanes) is 2. The largest absolute Gasteiger partial charge is 0.344 e. The summed E-state index contributed by atoms with van der Waals surface area (Å²) in [4.78, 5) is 41.9. The van der Waals surface area contributed by atoms with Crippen molar-refractivity contribution in [2.45, 2.75) is 71.9 Å². The van der Waals surface area contributed by atoms with Crippen molar-refractivity contribution in [3.8, 4) is 0 Å². The molecule has 172 valence electrons. The zero-order valence-electron chi connectivity index (χ0n) is 19.4. The van der Waals surface area contributed by atoms with Crippen LogP contribution in [0.15, 0.2) is 30.3 Å². The van der Waals surface area contributed by atoms with Gasteiger partial charge in [-0.15, -0.1) is 0 Å². The predicted molar refractivity (Wildman–Crippen MR) is 124 cm³/mol. The summed E-state index contributed by atoms with van der Waals surface area (Å²) < 4.78 is 0. The smallest absolute Gasteiger partial charge is 0.322 e. The first-order chi connectivity index (χ1) is 14.9. The highest BCUT2D eigenvalue weighted by atomic mass is 16.2.